The molecule has 1 N–H and O–H groups in total. The summed E-state index contributed by atoms with van der Waals surface area (Å²) in [5.41, 5.74) is 4.21. The summed E-state index contributed by atoms with van der Waals surface area (Å²) in [5.74, 6) is 1.06. The summed E-state index contributed by atoms with van der Waals surface area (Å²) in [6.45, 7) is 8.16. The van der Waals surface area contributed by atoms with E-state index in [0.717, 1.165) is 28.4 Å². The quantitative estimate of drug-likeness (QED) is 0.550. The molecule has 4 nitrogen and oxygen atoms in total. The van der Waals surface area contributed by atoms with Crippen molar-refractivity contribution in [3.8, 4) is 22.7 Å². The van der Waals surface area contributed by atoms with Crippen LogP contribution in [0.3, 0.4) is 0 Å². The Morgan fingerprint density at radius 3 is 2.31 bits per heavy atom. The maximum atomic E-state index is 13.0. The molecule has 0 aliphatic carbocycles. The first-order valence-electron chi connectivity index (χ1n) is 9.76. The zero-order valence-electron chi connectivity index (χ0n) is 17.5. The number of aromatic nitrogens is 1. The predicted octanol–water partition coefficient (Wildman–Crippen LogP) is 5.89. The summed E-state index contributed by atoms with van der Waals surface area (Å²) >= 11 is 6.51. The zero-order valence-corrected chi connectivity index (χ0v) is 18.2. The van der Waals surface area contributed by atoms with Crippen LogP contribution in [0.5, 0.6) is 5.75 Å². The molecule has 1 aromatic heterocycles. The molecule has 29 heavy (non-hydrogen) atoms. The van der Waals surface area contributed by atoms with Crippen molar-refractivity contribution in [2.45, 2.75) is 33.7 Å². The fourth-order valence-electron chi connectivity index (χ4n) is 3.21. The van der Waals surface area contributed by atoms with Crippen LogP contribution in [0.2, 0.25) is 5.02 Å². The van der Waals surface area contributed by atoms with E-state index in [1.165, 1.54) is 0 Å². The molecule has 5 heteroatoms. The number of carbonyl (C=O) groups is 1. The van der Waals surface area contributed by atoms with E-state index < -0.39 is 0 Å². The van der Waals surface area contributed by atoms with Crippen molar-refractivity contribution in [3.05, 3.63) is 70.9 Å². The molecular formula is C24H27ClN2O2. The molecule has 1 atom stereocenters. The van der Waals surface area contributed by atoms with Crippen molar-refractivity contribution in [1.82, 2.24) is 9.88 Å². The average molecular weight is 411 g/mol. The minimum atomic E-state index is -0.0794. The summed E-state index contributed by atoms with van der Waals surface area (Å²) in [6.07, 6.45) is 0. The van der Waals surface area contributed by atoms with Gasteiger partial charge in [-0.25, -0.2) is 0 Å². The number of rotatable bonds is 6. The molecule has 0 unspecified atom stereocenters. The lowest BCUT2D eigenvalue weighted by Gasteiger charge is -2.17. The van der Waals surface area contributed by atoms with Crippen LogP contribution in [0.4, 0.5) is 0 Å². The lowest BCUT2D eigenvalue weighted by molar-refractivity contribution is 0.0930. The SMILES string of the molecule is COc1ccc(-c2cc(C(=O)N[C@H](C)C(C)C)c(C)n2-c2ccccc2Cl)cc1. The molecule has 0 fully saturated rings. The Morgan fingerprint density at radius 2 is 1.72 bits per heavy atom. The van der Waals surface area contributed by atoms with Gasteiger partial charge in [-0.3, -0.25) is 4.79 Å². The molecule has 2 aromatic carbocycles. The van der Waals surface area contributed by atoms with Gasteiger partial charge in [0, 0.05) is 11.7 Å². The molecule has 3 rings (SSSR count). The third-order valence-corrected chi connectivity index (χ3v) is 5.65. The number of nitrogens with one attached hydrogen (secondary N) is 1. The van der Waals surface area contributed by atoms with Gasteiger partial charge in [-0.2, -0.15) is 0 Å². The van der Waals surface area contributed by atoms with Crippen LogP contribution in [0.15, 0.2) is 54.6 Å². The highest BCUT2D eigenvalue weighted by molar-refractivity contribution is 6.32. The fraction of sp³-hybridized carbons (Fsp3) is 0.292. The molecule has 0 radical (unpaired) electrons. The predicted molar refractivity (Wildman–Crippen MR) is 119 cm³/mol. The first kappa shape index (κ1) is 21.0. The third kappa shape index (κ3) is 4.33. The monoisotopic (exact) mass is 410 g/mol. The van der Waals surface area contributed by atoms with Gasteiger partial charge in [0.2, 0.25) is 0 Å². The van der Waals surface area contributed by atoms with Crippen LogP contribution in [0, 0.1) is 12.8 Å². The summed E-state index contributed by atoms with van der Waals surface area (Å²) in [5, 5.41) is 3.74. The summed E-state index contributed by atoms with van der Waals surface area (Å²) in [6, 6.07) is 17.5. The fourth-order valence-corrected chi connectivity index (χ4v) is 3.43. The maximum Gasteiger partial charge on any atom is 0.253 e. The molecule has 1 amide bonds. The van der Waals surface area contributed by atoms with Crippen LogP contribution in [0.25, 0.3) is 16.9 Å². The van der Waals surface area contributed by atoms with E-state index in [0.29, 0.717) is 16.5 Å². The number of halogens is 1. The molecule has 0 bridgehead atoms. The number of hydrogen-bond donors (Lipinski definition) is 1. The normalized spacial score (nSPS) is 12.1. The smallest absolute Gasteiger partial charge is 0.253 e. The third-order valence-electron chi connectivity index (χ3n) is 5.33. The lowest BCUT2D eigenvalue weighted by Crippen LogP contribution is -2.36. The van der Waals surface area contributed by atoms with Gasteiger partial charge in [0.25, 0.3) is 5.91 Å². The number of carbonyl (C=O) groups excluding carboxylic acids is 1. The number of methoxy groups -OCH3 is 1. The van der Waals surface area contributed by atoms with Gasteiger partial charge in [-0.15, -0.1) is 0 Å². The van der Waals surface area contributed by atoms with Gasteiger partial charge >= 0.3 is 0 Å². The molecule has 3 aromatic rings. The Bertz CT molecular complexity index is 1010. The minimum absolute atomic E-state index is 0.0787. The van der Waals surface area contributed by atoms with Crippen LogP contribution < -0.4 is 10.1 Å². The summed E-state index contributed by atoms with van der Waals surface area (Å²) in [7, 11) is 1.64. The molecule has 0 aliphatic rings. The number of ether oxygens (including phenoxy) is 1. The minimum Gasteiger partial charge on any atom is -0.497 e. The molecular weight excluding hydrogens is 384 g/mol. The van der Waals surface area contributed by atoms with E-state index in [2.05, 4.69) is 19.2 Å². The largest absolute Gasteiger partial charge is 0.497 e. The molecule has 0 saturated carbocycles. The lowest BCUT2D eigenvalue weighted by atomic mass is 10.1. The van der Waals surface area contributed by atoms with Crippen molar-refractivity contribution in [2.24, 2.45) is 5.92 Å². The Balaban J connectivity index is 2.15. The van der Waals surface area contributed by atoms with Gasteiger partial charge < -0.3 is 14.6 Å². The van der Waals surface area contributed by atoms with E-state index in [1.54, 1.807) is 7.11 Å². The van der Waals surface area contributed by atoms with Crippen LogP contribution in [-0.2, 0) is 0 Å². The second kappa shape index (κ2) is 8.75. The van der Waals surface area contributed by atoms with Gasteiger partial charge in [-0.05, 0) is 67.8 Å². The number of amides is 1. The molecule has 0 aliphatic heterocycles. The number of para-hydroxylation sites is 1. The highest BCUT2D eigenvalue weighted by Crippen LogP contribution is 2.33. The van der Waals surface area contributed by atoms with E-state index in [9.17, 15) is 4.79 Å². The molecule has 152 valence electrons. The van der Waals surface area contributed by atoms with Gasteiger partial charge in [-0.1, -0.05) is 37.6 Å². The van der Waals surface area contributed by atoms with E-state index in [-0.39, 0.29) is 11.9 Å². The number of nitrogens with zero attached hydrogens (tertiary/aromatic N) is 1. The standard InChI is InChI=1S/C24H27ClN2O2/c1-15(2)16(3)26-24(28)20-14-23(18-10-12-19(29-5)13-11-18)27(17(20)4)22-9-7-6-8-21(22)25/h6-16H,1-5H3,(H,26,28)/t16-/m1/s1. The first-order chi connectivity index (χ1) is 13.8. The number of hydrogen-bond acceptors (Lipinski definition) is 2. The average Bonchev–Trinajstić information content (AvgIpc) is 3.05. The summed E-state index contributed by atoms with van der Waals surface area (Å²) < 4.78 is 7.32. The second-order valence-electron chi connectivity index (χ2n) is 7.55. The molecule has 1 heterocycles. The van der Waals surface area contributed by atoms with Crippen molar-refractivity contribution in [2.75, 3.05) is 7.11 Å². The van der Waals surface area contributed by atoms with Crippen LogP contribution in [0.1, 0.15) is 36.8 Å². The van der Waals surface area contributed by atoms with E-state index in [1.807, 2.05) is 73.0 Å². The topological polar surface area (TPSA) is 43.3 Å². The van der Waals surface area contributed by atoms with Crippen LogP contribution >= 0.6 is 11.6 Å². The van der Waals surface area contributed by atoms with Gasteiger partial charge in [0.05, 0.1) is 29.1 Å². The first-order valence-corrected chi connectivity index (χ1v) is 10.1. The van der Waals surface area contributed by atoms with E-state index >= 15 is 0 Å². The van der Waals surface area contributed by atoms with Gasteiger partial charge in [0.1, 0.15) is 5.75 Å². The highest BCUT2D eigenvalue weighted by atomic mass is 35.5. The Kier molecular flexibility index (Phi) is 6.33. The Labute approximate surface area is 177 Å². The molecule has 0 saturated heterocycles. The van der Waals surface area contributed by atoms with Crippen molar-refractivity contribution >= 4 is 17.5 Å². The zero-order chi connectivity index (χ0) is 21.1. The van der Waals surface area contributed by atoms with E-state index in [4.69, 9.17) is 16.3 Å². The maximum absolute atomic E-state index is 13.0. The number of benzene rings is 2. The summed E-state index contributed by atoms with van der Waals surface area (Å²) in [4.78, 5) is 13.0. The Hall–Kier alpha value is -2.72. The van der Waals surface area contributed by atoms with Crippen LogP contribution in [-0.4, -0.2) is 23.6 Å². The van der Waals surface area contributed by atoms with Crippen molar-refractivity contribution in [3.63, 3.8) is 0 Å². The van der Waals surface area contributed by atoms with Crippen molar-refractivity contribution < 1.29 is 9.53 Å². The van der Waals surface area contributed by atoms with Gasteiger partial charge in [0.15, 0.2) is 0 Å². The van der Waals surface area contributed by atoms with Crippen molar-refractivity contribution in [1.29, 1.82) is 0 Å². The molecule has 0 spiro atoms. The Morgan fingerprint density at radius 1 is 1.07 bits per heavy atom. The highest BCUT2D eigenvalue weighted by Gasteiger charge is 2.22. The second-order valence-corrected chi connectivity index (χ2v) is 7.96.